The summed E-state index contributed by atoms with van der Waals surface area (Å²) in [6.45, 7) is 6.17. The molecule has 2 N–H and O–H groups in total. The van der Waals surface area contributed by atoms with Gasteiger partial charge in [0, 0.05) is 12.5 Å². The minimum absolute atomic E-state index is 0.119. The number of hydrogen-bond donors (Lipinski definition) is 2. The van der Waals surface area contributed by atoms with E-state index in [4.69, 9.17) is 5.11 Å². The van der Waals surface area contributed by atoms with Crippen molar-refractivity contribution in [2.45, 2.75) is 58.9 Å². The van der Waals surface area contributed by atoms with Gasteiger partial charge < -0.3 is 10.4 Å². The van der Waals surface area contributed by atoms with Gasteiger partial charge in [-0.25, -0.2) is 0 Å². The molecule has 17 heavy (non-hydrogen) atoms. The van der Waals surface area contributed by atoms with Crippen LogP contribution in [-0.2, 0) is 9.59 Å². The maximum atomic E-state index is 11.8. The molecule has 98 valence electrons. The molecule has 1 aliphatic rings. The summed E-state index contributed by atoms with van der Waals surface area (Å²) in [4.78, 5) is 22.9. The highest BCUT2D eigenvalue weighted by molar-refractivity contribution is 5.85. The van der Waals surface area contributed by atoms with E-state index in [0.717, 1.165) is 12.8 Å². The third-order valence-corrected chi connectivity index (χ3v) is 3.50. The summed E-state index contributed by atoms with van der Waals surface area (Å²) in [7, 11) is 0. The van der Waals surface area contributed by atoms with Crippen LogP contribution in [0, 0.1) is 11.3 Å². The van der Waals surface area contributed by atoms with Gasteiger partial charge in [-0.2, -0.15) is 0 Å². The van der Waals surface area contributed by atoms with E-state index in [1.807, 2.05) is 6.92 Å². The van der Waals surface area contributed by atoms with Gasteiger partial charge in [-0.3, -0.25) is 9.59 Å². The summed E-state index contributed by atoms with van der Waals surface area (Å²) in [5, 5.41) is 12.0. The predicted molar refractivity (Wildman–Crippen MR) is 65.6 cm³/mol. The van der Waals surface area contributed by atoms with E-state index in [1.54, 1.807) is 0 Å². The second-order valence-corrected chi connectivity index (χ2v) is 5.71. The average Bonchev–Trinajstić information content (AvgIpc) is 2.08. The summed E-state index contributed by atoms with van der Waals surface area (Å²) in [5.41, 5.74) is -0.776. The number of rotatable bonds is 6. The Kier molecular flexibility index (Phi) is 4.54. The Morgan fingerprint density at radius 2 is 1.88 bits per heavy atom. The maximum Gasteiger partial charge on any atom is 0.310 e. The number of amides is 1. The first-order valence-corrected chi connectivity index (χ1v) is 6.38. The molecule has 1 rings (SSSR count). The van der Waals surface area contributed by atoms with Gasteiger partial charge >= 0.3 is 5.97 Å². The van der Waals surface area contributed by atoms with Crippen LogP contribution >= 0.6 is 0 Å². The van der Waals surface area contributed by atoms with Crippen molar-refractivity contribution in [2.75, 3.05) is 0 Å². The Morgan fingerprint density at radius 1 is 1.29 bits per heavy atom. The van der Waals surface area contributed by atoms with Gasteiger partial charge in [0.2, 0.25) is 5.91 Å². The van der Waals surface area contributed by atoms with Crippen molar-refractivity contribution in [3.63, 3.8) is 0 Å². The maximum absolute atomic E-state index is 11.8. The standard InChI is InChI=1S/C13H23NO3/c1-9(2)7-10(3)14-11(15)8-13(12(16)17)5-4-6-13/h9-10H,4-8H2,1-3H3,(H,14,15)(H,16,17). The smallest absolute Gasteiger partial charge is 0.310 e. The number of nitrogens with one attached hydrogen (secondary N) is 1. The van der Waals surface area contributed by atoms with E-state index in [0.29, 0.717) is 18.8 Å². The molecular weight excluding hydrogens is 218 g/mol. The first kappa shape index (κ1) is 14.0. The summed E-state index contributed by atoms with van der Waals surface area (Å²) < 4.78 is 0. The van der Waals surface area contributed by atoms with Gasteiger partial charge in [0.25, 0.3) is 0 Å². The fourth-order valence-electron chi connectivity index (χ4n) is 2.47. The normalized spacial score (nSPS) is 19.5. The van der Waals surface area contributed by atoms with Crippen LogP contribution in [0.3, 0.4) is 0 Å². The zero-order chi connectivity index (χ0) is 13.1. The minimum Gasteiger partial charge on any atom is -0.481 e. The molecule has 0 spiro atoms. The van der Waals surface area contributed by atoms with Crippen molar-refractivity contribution >= 4 is 11.9 Å². The highest BCUT2D eigenvalue weighted by atomic mass is 16.4. The van der Waals surface area contributed by atoms with Gasteiger partial charge in [-0.1, -0.05) is 20.3 Å². The van der Waals surface area contributed by atoms with Gasteiger partial charge in [-0.15, -0.1) is 0 Å². The Balaban J connectivity index is 2.41. The molecule has 1 atom stereocenters. The van der Waals surface area contributed by atoms with Crippen LogP contribution in [0.5, 0.6) is 0 Å². The molecule has 0 heterocycles. The van der Waals surface area contributed by atoms with Crippen LogP contribution in [0.1, 0.15) is 52.9 Å². The summed E-state index contributed by atoms with van der Waals surface area (Å²) in [6.07, 6.45) is 3.24. The second kappa shape index (κ2) is 5.52. The Bertz CT molecular complexity index is 295. The molecule has 1 saturated carbocycles. The SMILES string of the molecule is CC(C)CC(C)NC(=O)CC1(C(=O)O)CCC1. The van der Waals surface area contributed by atoms with Crippen LogP contribution in [0.2, 0.25) is 0 Å². The van der Waals surface area contributed by atoms with E-state index in [2.05, 4.69) is 19.2 Å². The van der Waals surface area contributed by atoms with E-state index in [-0.39, 0.29) is 18.4 Å². The summed E-state index contributed by atoms with van der Waals surface area (Å²) in [6, 6.07) is 0.119. The number of carboxylic acid groups (broad SMARTS) is 1. The van der Waals surface area contributed by atoms with Crippen molar-refractivity contribution < 1.29 is 14.7 Å². The number of carbonyl (C=O) groups excluding carboxylic acids is 1. The Labute approximate surface area is 103 Å². The molecule has 1 aliphatic carbocycles. The molecule has 4 nitrogen and oxygen atoms in total. The molecule has 0 aliphatic heterocycles. The molecule has 0 saturated heterocycles. The molecule has 4 heteroatoms. The van der Waals surface area contributed by atoms with Crippen LogP contribution in [0.15, 0.2) is 0 Å². The molecule has 1 fully saturated rings. The van der Waals surface area contributed by atoms with E-state index >= 15 is 0 Å². The number of carboxylic acids is 1. The largest absolute Gasteiger partial charge is 0.481 e. The zero-order valence-corrected chi connectivity index (χ0v) is 11.0. The first-order chi connectivity index (χ1) is 7.85. The van der Waals surface area contributed by atoms with Gasteiger partial charge in [0.1, 0.15) is 0 Å². The van der Waals surface area contributed by atoms with E-state index in [1.165, 1.54) is 0 Å². The topological polar surface area (TPSA) is 66.4 Å². The second-order valence-electron chi connectivity index (χ2n) is 5.71. The summed E-state index contributed by atoms with van der Waals surface area (Å²) >= 11 is 0. The number of hydrogen-bond acceptors (Lipinski definition) is 2. The first-order valence-electron chi connectivity index (χ1n) is 6.38. The summed E-state index contributed by atoms with van der Waals surface area (Å²) in [5.74, 6) is -0.418. The van der Waals surface area contributed by atoms with Crippen molar-refractivity contribution in [2.24, 2.45) is 11.3 Å². The highest BCUT2D eigenvalue weighted by Gasteiger charge is 2.45. The number of carbonyl (C=O) groups is 2. The molecule has 1 unspecified atom stereocenters. The fraction of sp³-hybridized carbons (Fsp3) is 0.846. The van der Waals surface area contributed by atoms with Crippen molar-refractivity contribution in [3.8, 4) is 0 Å². The van der Waals surface area contributed by atoms with E-state index < -0.39 is 11.4 Å². The lowest BCUT2D eigenvalue weighted by Crippen LogP contribution is -2.44. The monoisotopic (exact) mass is 241 g/mol. The van der Waals surface area contributed by atoms with Crippen LogP contribution in [-0.4, -0.2) is 23.0 Å². The van der Waals surface area contributed by atoms with Crippen LogP contribution in [0.4, 0.5) is 0 Å². The molecule has 0 bridgehead atoms. The molecular formula is C13H23NO3. The quantitative estimate of drug-likeness (QED) is 0.749. The zero-order valence-electron chi connectivity index (χ0n) is 11.0. The Hall–Kier alpha value is -1.06. The van der Waals surface area contributed by atoms with Crippen molar-refractivity contribution in [3.05, 3.63) is 0 Å². The average molecular weight is 241 g/mol. The van der Waals surface area contributed by atoms with Crippen LogP contribution in [0.25, 0.3) is 0 Å². The third kappa shape index (κ3) is 3.72. The van der Waals surface area contributed by atoms with Crippen LogP contribution < -0.4 is 5.32 Å². The molecule has 1 amide bonds. The van der Waals surface area contributed by atoms with Crippen molar-refractivity contribution in [1.82, 2.24) is 5.32 Å². The molecule has 0 aromatic heterocycles. The van der Waals surface area contributed by atoms with Crippen molar-refractivity contribution in [1.29, 1.82) is 0 Å². The van der Waals surface area contributed by atoms with Gasteiger partial charge in [0.15, 0.2) is 0 Å². The third-order valence-electron chi connectivity index (χ3n) is 3.50. The highest BCUT2D eigenvalue weighted by Crippen LogP contribution is 2.44. The lowest BCUT2D eigenvalue weighted by molar-refractivity contribution is -0.157. The Morgan fingerprint density at radius 3 is 2.24 bits per heavy atom. The fourth-order valence-corrected chi connectivity index (χ4v) is 2.47. The molecule has 0 aromatic rings. The lowest BCUT2D eigenvalue weighted by atomic mass is 9.66. The molecule has 0 aromatic carbocycles. The minimum atomic E-state index is -0.824. The van der Waals surface area contributed by atoms with Gasteiger partial charge in [-0.05, 0) is 32.1 Å². The van der Waals surface area contributed by atoms with Gasteiger partial charge in [0.05, 0.1) is 5.41 Å². The molecule has 0 radical (unpaired) electrons. The lowest BCUT2D eigenvalue weighted by Gasteiger charge is -2.37. The van der Waals surface area contributed by atoms with E-state index in [9.17, 15) is 9.59 Å². The number of aliphatic carboxylic acids is 1. The predicted octanol–water partition coefficient (Wildman–Crippen LogP) is 2.18.